The molecule has 0 saturated carbocycles. The standard InChI is InChI=1S/C11H14BrNO3/c1-15-10-4-3-8(12)5-7(10)6-9(13)11(14)16-2/h3-5,9H,6,13H2,1-2H3. The van der Waals surface area contributed by atoms with Gasteiger partial charge in [0.15, 0.2) is 0 Å². The molecule has 4 nitrogen and oxygen atoms in total. The molecular formula is C11H14BrNO3. The van der Waals surface area contributed by atoms with Gasteiger partial charge in [-0.05, 0) is 23.8 Å². The van der Waals surface area contributed by atoms with E-state index in [1.54, 1.807) is 7.11 Å². The molecule has 0 bridgehead atoms. The summed E-state index contributed by atoms with van der Waals surface area (Å²) >= 11 is 3.36. The number of halogens is 1. The van der Waals surface area contributed by atoms with E-state index < -0.39 is 12.0 Å². The van der Waals surface area contributed by atoms with Crippen LogP contribution in [0.5, 0.6) is 5.75 Å². The maximum absolute atomic E-state index is 11.2. The summed E-state index contributed by atoms with van der Waals surface area (Å²) in [6, 6.07) is 4.89. The van der Waals surface area contributed by atoms with Crippen LogP contribution >= 0.6 is 15.9 Å². The lowest BCUT2D eigenvalue weighted by Gasteiger charge is -2.12. The Hall–Kier alpha value is -1.07. The van der Waals surface area contributed by atoms with Gasteiger partial charge in [-0.2, -0.15) is 0 Å². The summed E-state index contributed by atoms with van der Waals surface area (Å²) in [5, 5.41) is 0. The third-order valence-electron chi connectivity index (χ3n) is 2.19. The van der Waals surface area contributed by atoms with Crippen LogP contribution < -0.4 is 10.5 Å². The Morgan fingerprint density at radius 3 is 2.75 bits per heavy atom. The number of rotatable bonds is 4. The van der Waals surface area contributed by atoms with Crippen molar-refractivity contribution in [1.29, 1.82) is 0 Å². The number of methoxy groups -OCH3 is 2. The van der Waals surface area contributed by atoms with Gasteiger partial charge in [0.2, 0.25) is 0 Å². The number of ether oxygens (including phenoxy) is 2. The molecule has 1 aromatic carbocycles. The minimum atomic E-state index is -0.673. The second-order valence-corrected chi connectivity index (χ2v) is 4.21. The molecule has 88 valence electrons. The van der Waals surface area contributed by atoms with Gasteiger partial charge in [-0.1, -0.05) is 15.9 Å². The minimum absolute atomic E-state index is 0.384. The van der Waals surface area contributed by atoms with Crippen LogP contribution in [0, 0.1) is 0 Å². The first-order valence-corrected chi connectivity index (χ1v) is 5.53. The molecule has 0 spiro atoms. The van der Waals surface area contributed by atoms with Gasteiger partial charge in [-0.3, -0.25) is 4.79 Å². The molecule has 0 aliphatic carbocycles. The lowest BCUT2D eigenvalue weighted by atomic mass is 10.1. The van der Waals surface area contributed by atoms with Crippen LogP contribution in [0.2, 0.25) is 0 Å². The second-order valence-electron chi connectivity index (χ2n) is 3.29. The van der Waals surface area contributed by atoms with Crippen molar-refractivity contribution in [3.8, 4) is 5.75 Å². The van der Waals surface area contributed by atoms with E-state index in [0.717, 1.165) is 10.0 Å². The van der Waals surface area contributed by atoms with Crippen LogP contribution in [0.4, 0.5) is 0 Å². The fraction of sp³-hybridized carbons (Fsp3) is 0.364. The van der Waals surface area contributed by atoms with E-state index >= 15 is 0 Å². The topological polar surface area (TPSA) is 61.5 Å². The van der Waals surface area contributed by atoms with Crippen LogP contribution in [-0.4, -0.2) is 26.2 Å². The molecule has 1 atom stereocenters. The zero-order valence-corrected chi connectivity index (χ0v) is 10.8. The second kappa shape index (κ2) is 5.86. The molecule has 2 N–H and O–H groups in total. The van der Waals surface area contributed by atoms with Gasteiger partial charge < -0.3 is 15.2 Å². The fourth-order valence-corrected chi connectivity index (χ4v) is 1.79. The molecule has 0 aromatic heterocycles. The summed E-state index contributed by atoms with van der Waals surface area (Å²) in [5.74, 6) is 0.282. The zero-order valence-electron chi connectivity index (χ0n) is 9.20. The molecule has 0 aliphatic heterocycles. The van der Waals surface area contributed by atoms with Crippen LogP contribution in [0.15, 0.2) is 22.7 Å². The van der Waals surface area contributed by atoms with Crippen molar-refractivity contribution in [1.82, 2.24) is 0 Å². The highest BCUT2D eigenvalue weighted by molar-refractivity contribution is 9.10. The van der Waals surface area contributed by atoms with Crippen molar-refractivity contribution < 1.29 is 14.3 Å². The first-order valence-electron chi connectivity index (χ1n) is 4.74. The van der Waals surface area contributed by atoms with Gasteiger partial charge in [0.05, 0.1) is 14.2 Å². The van der Waals surface area contributed by atoms with E-state index in [4.69, 9.17) is 10.5 Å². The molecule has 0 radical (unpaired) electrons. The van der Waals surface area contributed by atoms with Crippen molar-refractivity contribution in [3.05, 3.63) is 28.2 Å². The Balaban J connectivity index is 2.86. The van der Waals surface area contributed by atoms with Gasteiger partial charge in [0.1, 0.15) is 11.8 Å². The molecular weight excluding hydrogens is 274 g/mol. The minimum Gasteiger partial charge on any atom is -0.496 e. The number of hydrogen-bond acceptors (Lipinski definition) is 4. The molecule has 0 amide bonds. The number of nitrogens with two attached hydrogens (primary N) is 1. The summed E-state index contributed by atoms with van der Waals surface area (Å²) in [6.45, 7) is 0. The lowest BCUT2D eigenvalue weighted by Crippen LogP contribution is -2.33. The summed E-state index contributed by atoms with van der Waals surface area (Å²) < 4.78 is 10.7. The van der Waals surface area contributed by atoms with Crippen LogP contribution in [0.1, 0.15) is 5.56 Å². The fourth-order valence-electron chi connectivity index (χ4n) is 1.38. The smallest absolute Gasteiger partial charge is 0.322 e. The van der Waals surface area contributed by atoms with Gasteiger partial charge in [-0.25, -0.2) is 0 Å². The maximum Gasteiger partial charge on any atom is 0.322 e. The monoisotopic (exact) mass is 287 g/mol. The third-order valence-corrected chi connectivity index (χ3v) is 2.68. The number of carbonyl (C=O) groups is 1. The Morgan fingerprint density at radius 2 is 2.19 bits per heavy atom. The Kier molecular flexibility index (Phi) is 4.76. The van der Waals surface area contributed by atoms with Crippen molar-refractivity contribution in [3.63, 3.8) is 0 Å². The van der Waals surface area contributed by atoms with Crippen LogP contribution in [-0.2, 0) is 16.0 Å². The van der Waals surface area contributed by atoms with E-state index in [9.17, 15) is 4.79 Å². The quantitative estimate of drug-likeness (QED) is 0.853. The van der Waals surface area contributed by atoms with Crippen LogP contribution in [0.3, 0.4) is 0 Å². The highest BCUT2D eigenvalue weighted by Gasteiger charge is 2.16. The van der Waals surface area contributed by atoms with Gasteiger partial charge >= 0.3 is 5.97 Å². The lowest BCUT2D eigenvalue weighted by molar-refractivity contribution is -0.142. The normalized spacial score (nSPS) is 12.0. The molecule has 1 aromatic rings. The predicted molar refractivity (Wildman–Crippen MR) is 64.4 cm³/mol. The predicted octanol–water partition coefficient (Wildman–Crippen LogP) is 1.50. The van der Waals surface area contributed by atoms with Gasteiger partial charge in [0, 0.05) is 10.9 Å². The Morgan fingerprint density at radius 1 is 1.50 bits per heavy atom. The van der Waals surface area contributed by atoms with Crippen molar-refractivity contribution in [2.24, 2.45) is 5.73 Å². The van der Waals surface area contributed by atoms with E-state index in [1.807, 2.05) is 18.2 Å². The SMILES string of the molecule is COC(=O)C(N)Cc1cc(Br)ccc1OC. The average molecular weight is 288 g/mol. The third kappa shape index (κ3) is 3.21. The van der Waals surface area contributed by atoms with E-state index in [0.29, 0.717) is 12.2 Å². The molecule has 1 rings (SSSR count). The van der Waals surface area contributed by atoms with Crippen LogP contribution in [0.25, 0.3) is 0 Å². The summed E-state index contributed by atoms with van der Waals surface area (Å²) in [4.78, 5) is 11.2. The van der Waals surface area contributed by atoms with Crippen molar-refractivity contribution in [2.75, 3.05) is 14.2 Å². The molecule has 0 heterocycles. The molecule has 0 saturated heterocycles. The van der Waals surface area contributed by atoms with Crippen molar-refractivity contribution in [2.45, 2.75) is 12.5 Å². The van der Waals surface area contributed by atoms with E-state index in [-0.39, 0.29) is 0 Å². The first-order chi connectivity index (χ1) is 7.58. The van der Waals surface area contributed by atoms with Crippen molar-refractivity contribution >= 4 is 21.9 Å². The molecule has 0 aliphatic rings. The van der Waals surface area contributed by atoms with E-state index in [2.05, 4.69) is 20.7 Å². The molecule has 5 heteroatoms. The first kappa shape index (κ1) is 13.0. The molecule has 1 unspecified atom stereocenters. The summed E-state index contributed by atoms with van der Waals surface area (Å²) in [7, 11) is 2.90. The number of benzene rings is 1. The number of carbonyl (C=O) groups excluding carboxylic acids is 1. The average Bonchev–Trinajstić information content (AvgIpc) is 2.28. The largest absolute Gasteiger partial charge is 0.496 e. The highest BCUT2D eigenvalue weighted by Crippen LogP contribution is 2.24. The van der Waals surface area contributed by atoms with Gasteiger partial charge in [-0.15, -0.1) is 0 Å². The highest BCUT2D eigenvalue weighted by atomic mass is 79.9. The van der Waals surface area contributed by atoms with Gasteiger partial charge in [0.25, 0.3) is 0 Å². The molecule has 16 heavy (non-hydrogen) atoms. The number of esters is 1. The summed E-state index contributed by atoms with van der Waals surface area (Å²) in [6.07, 6.45) is 0.384. The maximum atomic E-state index is 11.2. The Labute approximate surface area is 103 Å². The summed E-state index contributed by atoms with van der Waals surface area (Å²) in [5.41, 5.74) is 6.56. The number of hydrogen-bond donors (Lipinski definition) is 1. The zero-order chi connectivity index (χ0) is 12.1. The Bertz CT molecular complexity index is 381. The molecule has 0 fully saturated rings. The van der Waals surface area contributed by atoms with E-state index in [1.165, 1.54) is 7.11 Å².